The molecule has 1 atom stereocenters. The van der Waals surface area contributed by atoms with Crippen LogP contribution >= 0.6 is 0 Å². The molecular formula is C15H16N2O. The number of nitrogens with one attached hydrogen (secondary N) is 1. The Morgan fingerprint density at radius 3 is 3.11 bits per heavy atom. The second-order valence-corrected chi connectivity index (χ2v) is 4.45. The number of methoxy groups -OCH3 is 1. The molecule has 0 saturated carbocycles. The summed E-state index contributed by atoms with van der Waals surface area (Å²) in [6, 6.07) is 12.6. The van der Waals surface area contributed by atoms with E-state index in [0.29, 0.717) is 0 Å². The van der Waals surface area contributed by atoms with Crippen LogP contribution < -0.4 is 10.1 Å². The fourth-order valence-corrected chi connectivity index (χ4v) is 2.49. The molecule has 92 valence electrons. The van der Waals surface area contributed by atoms with Crippen LogP contribution in [0.1, 0.15) is 22.9 Å². The predicted molar refractivity (Wildman–Crippen MR) is 70.8 cm³/mol. The fraction of sp³-hybridized carbons (Fsp3) is 0.267. The Kier molecular flexibility index (Phi) is 2.99. The van der Waals surface area contributed by atoms with Crippen LogP contribution in [0.4, 0.5) is 0 Å². The summed E-state index contributed by atoms with van der Waals surface area (Å²) in [4.78, 5) is 4.47. The van der Waals surface area contributed by atoms with Crippen molar-refractivity contribution < 1.29 is 4.74 Å². The average molecular weight is 240 g/mol. The van der Waals surface area contributed by atoms with Gasteiger partial charge in [0, 0.05) is 24.9 Å². The standard InChI is InChI=1S/C15H16N2O/c1-18-12-5-2-4-11(10-12)15-13-6-3-8-16-14(13)7-9-17-15/h2-6,8,10,15,17H,7,9H2,1H3. The van der Waals surface area contributed by atoms with Gasteiger partial charge in [0.15, 0.2) is 0 Å². The van der Waals surface area contributed by atoms with Gasteiger partial charge in [0.05, 0.1) is 13.2 Å². The summed E-state index contributed by atoms with van der Waals surface area (Å²) in [5.41, 5.74) is 3.70. The number of hydrogen-bond acceptors (Lipinski definition) is 3. The zero-order chi connectivity index (χ0) is 12.4. The van der Waals surface area contributed by atoms with Gasteiger partial charge in [-0.2, -0.15) is 0 Å². The van der Waals surface area contributed by atoms with Crippen LogP contribution in [0.25, 0.3) is 0 Å². The lowest BCUT2D eigenvalue weighted by molar-refractivity contribution is 0.413. The van der Waals surface area contributed by atoms with E-state index < -0.39 is 0 Å². The molecule has 2 aromatic rings. The van der Waals surface area contributed by atoms with Gasteiger partial charge in [0.25, 0.3) is 0 Å². The molecule has 0 amide bonds. The SMILES string of the molecule is COc1cccc(C2NCCc3ncccc32)c1. The molecule has 3 nitrogen and oxygen atoms in total. The summed E-state index contributed by atoms with van der Waals surface area (Å²) in [7, 11) is 1.70. The summed E-state index contributed by atoms with van der Waals surface area (Å²) in [5.74, 6) is 0.894. The maximum atomic E-state index is 5.29. The molecule has 0 aliphatic carbocycles. The highest BCUT2D eigenvalue weighted by atomic mass is 16.5. The molecule has 1 aromatic carbocycles. The molecule has 0 fully saturated rings. The zero-order valence-electron chi connectivity index (χ0n) is 10.4. The van der Waals surface area contributed by atoms with Crippen molar-refractivity contribution >= 4 is 0 Å². The number of benzene rings is 1. The van der Waals surface area contributed by atoms with Gasteiger partial charge in [-0.15, -0.1) is 0 Å². The van der Waals surface area contributed by atoms with Crippen LogP contribution in [-0.2, 0) is 6.42 Å². The summed E-state index contributed by atoms with van der Waals surface area (Å²) in [6.45, 7) is 0.964. The molecule has 0 bridgehead atoms. The van der Waals surface area contributed by atoms with Gasteiger partial charge >= 0.3 is 0 Å². The van der Waals surface area contributed by atoms with Gasteiger partial charge in [-0.1, -0.05) is 18.2 Å². The van der Waals surface area contributed by atoms with Crippen LogP contribution in [0.15, 0.2) is 42.6 Å². The second kappa shape index (κ2) is 4.78. The Bertz CT molecular complexity index is 554. The van der Waals surface area contributed by atoms with E-state index in [4.69, 9.17) is 4.74 Å². The number of pyridine rings is 1. The van der Waals surface area contributed by atoms with E-state index in [1.54, 1.807) is 7.11 Å². The third-order valence-corrected chi connectivity index (χ3v) is 3.37. The van der Waals surface area contributed by atoms with Crippen molar-refractivity contribution in [2.45, 2.75) is 12.5 Å². The molecule has 3 heteroatoms. The minimum absolute atomic E-state index is 0.220. The monoisotopic (exact) mass is 240 g/mol. The predicted octanol–water partition coefficient (Wildman–Crippen LogP) is 2.33. The maximum Gasteiger partial charge on any atom is 0.119 e. The molecule has 1 unspecified atom stereocenters. The van der Waals surface area contributed by atoms with Crippen molar-refractivity contribution in [3.05, 3.63) is 59.4 Å². The highest BCUT2D eigenvalue weighted by Crippen LogP contribution is 2.29. The molecule has 3 rings (SSSR count). The molecular weight excluding hydrogens is 224 g/mol. The number of fused-ring (bicyclic) bond motifs is 1. The van der Waals surface area contributed by atoms with Crippen molar-refractivity contribution in [3.8, 4) is 5.75 Å². The number of ether oxygens (including phenoxy) is 1. The lowest BCUT2D eigenvalue weighted by Crippen LogP contribution is -2.31. The molecule has 1 N–H and O–H groups in total. The van der Waals surface area contributed by atoms with Crippen LogP contribution in [0.3, 0.4) is 0 Å². The van der Waals surface area contributed by atoms with Gasteiger partial charge < -0.3 is 10.1 Å². The number of aromatic nitrogens is 1. The van der Waals surface area contributed by atoms with Crippen LogP contribution in [0.2, 0.25) is 0 Å². The van der Waals surface area contributed by atoms with Crippen LogP contribution in [-0.4, -0.2) is 18.6 Å². The normalized spacial score (nSPS) is 18.2. The van der Waals surface area contributed by atoms with Gasteiger partial charge in [-0.05, 0) is 29.3 Å². The van der Waals surface area contributed by atoms with Crippen LogP contribution in [0.5, 0.6) is 5.75 Å². The van der Waals surface area contributed by atoms with E-state index in [1.807, 2.05) is 24.4 Å². The molecule has 1 aliphatic heterocycles. The minimum Gasteiger partial charge on any atom is -0.497 e. The highest BCUT2D eigenvalue weighted by molar-refractivity contribution is 5.39. The van der Waals surface area contributed by atoms with Crippen molar-refractivity contribution in [1.29, 1.82) is 0 Å². The quantitative estimate of drug-likeness (QED) is 0.874. The molecule has 1 aliphatic rings. The van der Waals surface area contributed by atoms with Crippen molar-refractivity contribution in [2.75, 3.05) is 13.7 Å². The van der Waals surface area contributed by atoms with Crippen molar-refractivity contribution in [2.24, 2.45) is 0 Å². The van der Waals surface area contributed by atoms with E-state index in [0.717, 1.165) is 18.7 Å². The fourth-order valence-electron chi connectivity index (χ4n) is 2.49. The first-order chi connectivity index (χ1) is 8.88. The van der Waals surface area contributed by atoms with Gasteiger partial charge in [-0.3, -0.25) is 4.98 Å². The first kappa shape index (κ1) is 11.2. The van der Waals surface area contributed by atoms with E-state index >= 15 is 0 Å². The highest BCUT2D eigenvalue weighted by Gasteiger charge is 2.21. The van der Waals surface area contributed by atoms with E-state index in [2.05, 4.69) is 28.5 Å². The Labute approximate surface area is 107 Å². The summed E-state index contributed by atoms with van der Waals surface area (Å²) in [6.07, 6.45) is 2.86. The number of nitrogens with zero attached hydrogens (tertiary/aromatic N) is 1. The van der Waals surface area contributed by atoms with Crippen molar-refractivity contribution in [1.82, 2.24) is 10.3 Å². The summed E-state index contributed by atoms with van der Waals surface area (Å²) >= 11 is 0. The Balaban J connectivity index is 2.02. The molecule has 2 heterocycles. The Hall–Kier alpha value is -1.87. The molecule has 0 radical (unpaired) electrons. The third-order valence-electron chi connectivity index (χ3n) is 3.37. The third kappa shape index (κ3) is 1.97. The smallest absolute Gasteiger partial charge is 0.119 e. The van der Waals surface area contributed by atoms with Gasteiger partial charge in [-0.25, -0.2) is 0 Å². The topological polar surface area (TPSA) is 34.1 Å². The van der Waals surface area contributed by atoms with Crippen molar-refractivity contribution in [3.63, 3.8) is 0 Å². The molecule has 1 aromatic heterocycles. The first-order valence-corrected chi connectivity index (χ1v) is 6.19. The Morgan fingerprint density at radius 2 is 2.22 bits per heavy atom. The number of hydrogen-bond donors (Lipinski definition) is 1. The summed E-state index contributed by atoms with van der Waals surface area (Å²) < 4.78 is 5.29. The largest absolute Gasteiger partial charge is 0.497 e. The first-order valence-electron chi connectivity index (χ1n) is 6.19. The molecule has 0 saturated heterocycles. The van der Waals surface area contributed by atoms with E-state index in [9.17, 15) is 0 Å². The second-order valence-electron chi connectivity index (χ2n) is 4.45. The maximum absolute atomic E-state index is 5.29. The lowest BCUT2D eigenvalue weighted by Gasteiger charge is -2.26. The molecule has 18 heavy (non-hydrogen) atoms. The zero-order valence-corrected chi connectivity index (χ0v) is 10.4. The van der Waals surface area contributed by atoms with E-state index in [1.165, 1.54) is 16.8 Å². The average Bonchev–Trinajstić information content (AvgIpc) is 2.47. The van der Waals surface area contributed by atoms with Crippen LogP contribution in [0, 0.1) is 0 Å². The minimum atomic E-state index is 0.220. The van der Waals surface area contributed by atoms with Gasteiger partial charge in [0.2, 0.25) is 0 Å². The molecule has 0 spiro atoms. The summed E-state index contributed by atoms with van der Waals surface area (Å²) in [5, 5.41) is 3.55. The number of rotatable bonds is 2. The Morgan fingerprint density at radius 1 is 1.28 bits per heavy atom. The van der Waals surface area contributed by atoms with E-state index in [-0.39, 0.29) is 6.04 Å². The lowest BCUT2D eigenvalue weighted by atomic mass is 9.93. The van der Waals surface area contributed by atoms with Gasteiger partial charge in [0.1, 0.15) is 5.75 Å².